The summed E-state index contributed by atoms with van der Waals surface area (Å²) >= 11 is 0. The molecule has 1 fully saturated rings. The van der Waals surface area contributed by atoms with Gasteiger partial charge in [-0.2, -0.15) is 4.31 Å². The third kappa shape index (κ3) is 3.60. The molecule has 1 aliphatic rings. The first kappa shape index (κ1) is 15.5. The van der Waals surface area contributed by atoms with Crippen molar-refractivity contribution < 1.29 is 13.2 Å². The second kappa shape index (κ2) is 6.70. The number of nitrogens with one attached hydrogen (secondary N) is 1. The normalized spacial score (nSPS) is 17.1. The van der Waals surface area contributed by atoms with Crippen LogP contribution < -0.4 is 5.32 Å². The lowest BCUT2D eigenvalue weighted by Crippen LogP contribution is -2.43. The van der Waals surface area contributed by atoms with Gasteiger partial charge in [-0.3, -0.25) is 9.78 Å². The molecular weight excluding hydrogens is 290 g/mol. The highest BCUT2D eigenvalue weighted by atomic mass is 32.2. The molecule has 1 aromatic heterocycles. The predicted molar refractivity (Wildman–Crippen MR) is 77.6 cm³/mol. The van der Waals surface area contributed by atoms with Crippen LogP contribution in [0, 0.1) is 18.3 Å². The van der Waals surface area contributed by atoms with E-state index < -0.39 is 10.0 Å². The molecule has 0 aromatic carbocycles. The fourth-order valence-corrected chi connectivity index (χ4v) is 3.72. The van der Waals surface area contributed by atoms with Crippen molar-refractivity contribution >= 4 is 15.9 Å². The van der Waals surface area contributed by atoms with Crippen LogP contribution in [-0.4, -0.2) is 43.2 Å². The molecule has 112 valence electrons. The highest BCUT2D eigenvalue weighted by Crippen LogP contribution is 2.23. The lowest BCUT2D eigenvalue weighted by atomic mass is 9.97. The molecule has 0 bridgehead atoms. The summed E-state index contributed by atoms with van der Waals surface area (Å²) in [6, 6.07) is 3.11. The third-order valence-electron chi connectivity index (χ3n) is 3.46. The van der Waals surface area contributed by atoms with Crippen molar-refractivity contribution in [3.05, 3.63) is 24.5 Å². The van der Waals surface area contributed by atoms with E-state index in [1.54, 1.807) is 6.07 Å². The van der Waals surface area contributed by atoms with Crippen molar-refractivity contribution in [2.45, 2.75) is 17.7 Å². The Morgan fingerprint density at radius 3 is 2.76 bits per heavy atom. The van der Waals surface area contributed by atoms with Crippen LogP contribution in [-0.2, 0) is 14.8 Å². The average molecular weight is 307 g/mol. The van der Waals surface area contributed by atoms with Crippen LogP contribution >= 0.6 is 0 Å². The summed E-state index contributed by atoms with van der Waals surface area (Å²) in [6.45, 7) is 0.851. The van der Waals surface area contributed by atoms with Crippen LogP contribution in [0.15, 0.2) is 29.4 Å². The summed E-state index contributed by atoms with van der Waals surface area (Å²) in [5, 5.41) is 2.63. The monoisotopic (exact) mass is 307 g/mol. The molecule has 2 rings (SSSR count). The first-order chi connectivity index (χ1) is 10.1. The Morgan fingerprint density at radius 1 is 1.48 bits per heavy atom. The topological polar surface area (TPSA) is 79.4 Å². The fourth-order valence-electron chi connectivity index (χ4n) is 2.29. The number of piperidine rings is 1. The van der Waals surface area contributed by atoms with Crippen LogP contribution in [0.1, 0.15) is 12.8 Å². The zero-order valence-electron chi connectivity index (χ0n) is 11.5. The first-order valence-corrected chi connectivity index (χ1v) is 8.11. The van der Waals surface area contributed by atoms with E-state index in [1.807, 2.05) is 0 Å². The predicted octanol–water partition coefficient (Wildman–Crippen LogP) is 0.232. The quantitative estimate of drug-likeness (QED) is 0.808. The number of rotatable bonds is 4. The van der Waals surface area contributed by atoms with Gasteiger partial charge in [-0.05, 0) is 25.0 Å². The second-order valence-corrected chi connectivity index (χ2v) is 6.73. The number of amides is 1. The Kier molecular flexibility index (Phi) is 4.94. The molecule has 0 unspecified atom stereocenters. The van der Waals surface area contributed by atoms with E-state index in [9.17, 15) is 13.2 Å². The second-order valence-electron chi connectivity index (χ2n) is 4.79. The molecule has 7 heteroatoms. The molecule has 0 radical (unpaired) electrons. The summed E-state index contributed by atoms with van der Waals surface area (Å²) in [7, 11) is -3.52. The molecule has 1 saturated heterocycles. The van der Waals surface area contributed by atoms with E-state index in [0.29, 0.717) is 25.9 Å². The Labute approximate surface area is 124 Å². The Balaban J connectivity index is 1.98. The molecule has 1 aliphatic heterocycles. The number of sulfonamides is 1. The fraction of sp³-hybridized carbons (Fsp3) is 0.429. The van der Waals surface area contributed by atoms with Crippen molar-refractivity contribution in [2.75, 3.05) is 19.6 Å². The first-order valence-electron chi connectivity index (χ1n) is 6.67. The highest BCUT2D eigenvalue weighted by molar-refractivity contribution is 7.89. The maximum Gasteiger partial charge on any atom is 0.244 e. The van der Waals surface area contributed by atoms with Gasteiger partial charge in [-0.25, -0.2) is 8.42 Å². The van der Waals surface area contributed by atoms with Gasteiger partial charge in [0.1, 0.15) is 4.90 Å². The number of hydrogen-bond donors (Lipinski definition) is 1. The van der Waals surface area contributed by atoms with E-state index in [4.69, 9.17) is 6.42 Å². The van der Waals surface area contributed by atoms with Gasteiger partial charge in [0.25, 0.3) is 0 Å². The largest absolute Gasteiger partial charge is 0.345 e. The number of carbonyl (C=O) groups excluding carboxylic acids is 1. The number of carbonyl (C=O) groups is 1. The van der Waals surface area contributed by atoms with Crippen molar-refractivity contribution in [3.63, 3.8) is 0 Å². The Morgan fingerprint density at radius 2 is 2.19 bits per heavy atom. The minimum Gasteiger partial charge on any atom is -0.345 e. The van der Waals surface area contributed by atoms with E-state index in [-0.39, 0.29) is 23.3 Å². The van der Waals surface area contributed by atoms with Crippen molar-refractivity contribution in [1.29, 1.82) is 0 Å². The maximum atomic E-state index is 12.4. The molecule has 2 heterocycles. The number of pyridine rings is 1. The summed E-state index contributed by atoms with van der Waals surface area (Å²) in [6.07, 6.45) is 8.95. The summed E-state index contributed by atoms with van der Waals surface area (Å²) in [5.41, 5.74) is 0. The summed E-state index contributed by atoms with van der Waals surface area (Å²) in [5.74, 6) is 2.06. The Bertz CT molecular complexity index is 629. The molecule has 0 atom stereocenters. The van der Waals surface area contributed by atoms with Crippen LogP contribution in [0.25, 0.3) is 0 Å². The smallest absolute Gasteiger partial charge is 0.244 e. The average Bonchev–Trinajstić information content (AvgIpc) is 2.53. The molecule has 1 amide bonds. The number of hydrogen-bond acceptors (Lipinski definition) is 4. The number of terminal acetylenes is 1. The van der Waals surface area contributed by atoms with Gasteiger partial charge in [0.2, 0.25) is 15.9 Å². The standard InChI is InChI=1S/C14H17N3O3S/c1-2-7-16-14(18)12-5-9-17(10-6-12)21(19,20)13-4-3-8-15-11-13/h1,3-4,8,11-12H,5-7,9-10H2,(H,16,18). The van der Waals surface area contributed by atoms with Crippen molar-refractivity contribution in [2.24, 2.45) is 5.92 Å². The van der Waals surface area contributed by atoms with Crippen molar-refractivity contribution in [1.82, 2.24) is 14.6 Å². The zero-order chi connectivity index (χ0) is 15.3. The molecule has 0 aliphatic carbocycles. The minimum absolute atomic E-state index is 0.105. The van der Waals surface area contributed by atoms with E-state index in [0.717, 1.165) is 0 Å². The maximum absolute atomic E-state index is 12.4. The SMILES string of the molecule is C#CCNC(=O)C1CCN(S(=O)(=O)c2cccnc2)CC1. The number of nitrogens with zero attached hydrogens (tertiary/aromatic N) is 2. The van der Waals surface area contributed by atoms with Gasteiger partial charge in [-0.15, -0.1) is 6.42 Å². The molecule has 1 aromatic rings. The van der Waals surface area contributed by atoms with Gasteiger partial charge in [0, 0.05) is 31.4 Å². The molecule has 6 nitrogen and oxygen atoms in total. The zero-order valence-corrected chi connectivity index (χ0v) is 12.3. The van der Waals surface area contributed by atoms with Crippen LogP contribution in [0.3, 0.4) is 0 Å². The third-order valence-corrected chi connectivity index (χ3v) is 5.34. The summed E-state index contributed by atoms with van der Waals surface area (Å²) in [4.78, 5) is 15.8. The van der Waals surface area contributed by atoms with Crippen LogP contribution in [0.4, 0.5) is 0 Å². The minimum atomic E-state index is -3.52. The van der Waals surface area contributed by atoms with Gasteiger partial charge in [0.05, 0.1) is 6.54 Å². The molecular formula is C14H17N3O3S. The van der Waals surface area contributed by atoms with Crippen LogP contribution in [0.2, 0.25) is 0 Å². The molecule has 21 heavy (non-hydrogen) atoms. The lowest BCUT2D eigenvalue weighted by molar-refractivity contribution is -0.125. The van der Waals surface area contributed by atoms with Crippen LogP contribution in [0.5, 0.6) is 0 Å². The molecule has 0 saturated carbocycles. The number of aromatic nitrogens is 1. The van der Waals surface area contributed by atoms with Gasteiger partial charge < -0.3 is 5.32 Å². The van der Waals surface area contributed by atoms with E-state index in [2.05, 4.69) is 16.2 Å². The van der Waals surface area contributed by atoms with E-state index >= 15 is 0 Å². The van der Waals surface area contributed by atoms with Gasteiger partial charge in [-0.1, -0.05) is 5.92 Å². The molecule has 0 spiro atoms. The summed E-state index contributed by atoms with van der Waals surface area (Å²) < 4.78 is 26.2. The van der Waals surface area contributed by atoms with Crippen molar-refractivity contribution in [3.8, 4) is 12.3 Å². The van der Waals surface area contributed by atoms with Gasteiger partial charge >= 0.3 is 0 Å². The Hall–Kier alpha value is -1.91. The highest BCUT2D eigenvalue weighted by Gasteiger charge is 2.31. The molecule has 1 N–H and O–H groups in total. The lowest BCUT2D eigenvalue weighted by Gasteiger charge is -2.30. The van der Waals surface area contributed by atoms with Gasteiger partial charge in [0.15, 0.2) is 0 Å². The van der Waals surface area contributed by atoms with E-state index in [1.165, 1.54) is 22.8 Å².